The Kier molecular flexibility index (Phi) is 4.72. The zero-order valence-corrected chi connectivity index (χ0v) is 16.1. The van der Waals surface area contributed by atoms with Crippen LogP contribution in [0.2, 0.25) is 0 Å². The van der Waals surface area contributed by atoms with E-state index in [2.05, 4.69) is 5.32 Å². The van der Waals surface area contributed by atoms with Crippen LogP contribution in [0.3, 0.4) is 0 Å². The molecule has 2 amide bonds. The van der Waals surface area contributed by atoms with Crippen LogP contribution in [0.25, 0.3) is 5.57 Å². The van der Waals surface area contributed by atoms with Crippen molar-refractivity contribution in [2.24, 2.45) is 0 Å². The molecule has 5 heteroatoms. The van der Waals surface area contributed by atoms with Crippen molar-refractivity contribution in [3.05, 3.63) is 101 Å². The summed E-state index contributed by atoms with van der Waals surface area (Å²) in [5, 5.41) is 3.11. The lowest BCUT2D eigenvalue weighted by molar-refractivity contribution is -0.120. The predicted molar refractivity (Wildman–Crippen MR) is 112 cm³/mol. The van der Waals surface area contributed by atoms with Crippen molar-refractivity contribution >= 4 is 28.8 Å². The molecule has 0 aromatic heterocycles. The van der Waals surface area contributed by atoms with Crippen LogP contribution in [0, 0.1) is 19.7 Å². The maximum Gasteiger partial charge on any atom is 0.282 e. The van der Waals surface area contributed by atoms with Gasteiger partial charge in [0.15, 0.2) is 0 Å². The van der Waals surface area contributed by atoms with Gasteiger partial charge in [-0.1, -0.05) is 42.0 Å². The van der Waals surface area contributed by atoms with E-state index in [0.717, 1.165) is 16.0 Å². The van der Waals surface area contributed by atoms with Gasteiger partial charge in [0.2, 0.25) is 0 Å². The molecule has 0 saturated carbocycles. The minimum Gasteiger partial charge on any atom is -0.350 e. The molecule has 1 aliphatic rings. The number of carbonyl (C=O) groups is 2. The fourth-order valence-corrected chi connectivity index (χ4v) is 3.33. The van der Waals surface area contributed by atoms with Crippen molar-refractivity contribution in [2.75, 3.05) is 10.2 Å². The molecule has 4 rings (SSSR count). The van der Waals surface area contributed by atoms with Crippen LogP contribution < -0.4 is 10.2 Å². The van der Waals surface area contributed by atoms with Crippen LogP contribution in [0.5, 0.6) is 0 Å². The molecule has 0 fully saturated rings. The Bertz CT molecular complexity index is 1130. The van der Waals surface area contributed by atoms with Crippen LogP contribution in [0.15, 0.2) is 78.5 Å². The first-order valence-electron chi connectivity index (χ1n) is 9.23. The van der Waals surface area contributed by atoms with Gasteiger partial charge in [-0.15, -0.1) is 0 Å². The van der Waals surface area contributed by atoms with E-state index < -0.39 is 17.6 Å². The Morgan fingerprint density at radius 2 is 1.48 bits per heavy atom. The smallest absolute Gasteiger partial charge is 0.282 e. The molecule has 1 aliphatic heterocycles. The van der Waals surface area contributed by atoms with Gasteiger partial charge in [0.05, 0.1) is 11.3 Å². The molecule has 29 heavy (non-hydrogen) atoms. The molecule has 1 N–H and O–H groups in total. The first kappa shape index (κ1) is 18.6. The number of amides is 2. The van der Waals surface area contributed by atoms with Crippen LogP contribution in [-0.4, -0.2) is 11.8 Å². The van der Waals surface area contributed by atoms with Gasteiger partial charge in [0, 0.05) is 5.69 Å². The molecule has 1 heterocycles. The van der Waals surface area contributed by atoms with E-state index in [0.29, 0.717) is 16.9 Å². The quantitative estimate of drug-likeness (QED) is 0.653. The second kappa shape index (κ2) is 7.36. The molecular weight excluding hydrogens is 367 g/mol. The number of hydrogen-bond donors (Lipinski definition) is 1. The normalized spacial score (nSPS) is 14.0. The van der Waals surface area contributed by atoms with Gasteiger partial charge in [-0.3, -0.25) is 9.59 Å². The van der Waals surface area contributed by atoms with E-state index in [4.69, 9.17) is 0 Å². The van der Waals surface area contributed by atoms with Crippen molar-refractivity contribution in [3.8, 4) is 0 Å². The highest BCUT2D eigenvalue weighted by atomic mass is 19.1. The highest BCUT2D eigenvalue weighted by Crippen LogP contribution is 2.34. The molecule has 3 aromatic carbocycles. The molecule has 0 aliphatic carbocycles. The monoisotopic (exact) mass is 386 g/mol. The van der Waals surface area contributed by atoms with E-state index in [1.807, 2.05) is 50.2 Å². The fourth-order valence-electron chi connectivity index (χ4n) is 3.33. The summed E-state index contributed by atoms with van der Waals surface area (Å²) in [5.41, 5.74) is 4.11. The molecule has 4 nitrogen and oxygen atoms in total. The maximum atomic E-state index is 13.4. The van der Waals surface area contributed by atoms with Crippen molar-refractivity contribution in [1.82, 2.24) is 0 Å². The Morgan fingerprint density at radius 3 is 2.14 bits per heavy atom. The SMILES string of the molecule is Cc1ccc(N2C(=O)C(Nc3cccc(C)c3)=C(c3ccc(F)cc3)C2=O)cc1. The molecular formula is C24H19FN2O2. The molecule has 0 spiro atoms. The number of benzene rings is 3. The van der Waals surface area contributed by atoms with Gasteiger partial charge in [-0.25, -0.2) is 9.29 Å². The minimum atomic E-state index is -0.445. The third kappa shape index (κ3) is 3.55. The summed E-state index contributed by atoms with van der Waals surface area (Å²) in [6, 6.07) is 20.3. The molecule has 0 unspecified atom stereocenters. The number of imide groups is 1. The van der Waals surface area contributed by atoms with Gasteiger partial charge in [0.1, 0.15) is 11.5 Å². The van der Waals surface area contributed by atoms with Crippen LogP contribution >= 0.6 is 0 Å². The highest BCUT2D eigenvalue weighted by molar-refractivity contribution is 6.46. The molecule has 144 valence electrons. The standard InChI is InChI=1S/C24H19FN2O2/c1-15-6-12-20(13-7-15)27-23(28)21(17-8-10-18(25)11-9-17)22(24(27)29)26-19-5-3-4-16(2)14-19/h3-14,26H,1-2H3. The maximum absolute atomic E-state index is 13.4. The first-order chi connectivity index (χ1) is 13.9. The zero-order valence-electron chi connectivity index (χ0n) is 16.1. The minimum absolute atomic E-state index is 0.174. The summed E-state index contributed by atoms with van der Waals surface area (Å²) in [5.74, 6) is -1.30. The Morgan fingerprint density at radius 1 is 0.793 bits per heavy atom. The summed E-state index contributed by atoms with van der Waals surface area (Å²) in [7, 11) is 0. The van der Waals surface area contributed by atoms with E-state index in [-0.39, 0.29) is 11.3 Å². The Hall–Kier alpha value is -3.73. The lowest BCUT2D eigenvalue weighted by Gasteiger charge is -2.15. The van der Waals surface area contributed by atoms with Gasteiger partial charge in [0.25, 0.3) is 11.8 Å². The van der Waals surface area contributed by atoms with Gasteiger partial charge >= 0.3 is 0 Å². The van der Waals surface area contributed by atoms with E-state index in [1.54, 1.807) is 12.1 Å². The number of halogens is 1. The van der Waals surface area contributed by atoms with Crippen LogP contribution in [-0.2, 0) is 9.59 Å². The average Bonchev–Trinajstić information content (AvgIpc) is 2.93. The lowest BCUT2D eigenvalue weighted by Crippen LogP contribution is -2.32. The van der Waals surface area contributed by atoms with Crippen molar-refractivity contribution < 1.29 is 14.0 Å². The number of nitrogens with one attached hydrogen (secondary N) is 1. The van der Waals surface area contributed by atoms with Gasteiger partial charge < -0.3 is 5.32 Å². The second-order valence-electron chi connectivity index (χ2n) is 7.03. The van der Waals surface area contributed by atoms with E-state index in [9.17, 15) is 14.0 Å². The van der Waals surface area contributed by atoms with Gasteiger partial charge in [-0.2, -0.15) is 0 Å². The second-order valence-corrected chi connectivity index (χ2v) is 7.03. The summed E-state index contributed by atoms with van der Waals surface area (Å²) in [4.78, 5) is 27.7. The van der Waals surface area contributed by atoms with E-state index in [1.165, 1.54) is 24.3 Å². The Balaban J connectivity index is 1.82. The summed E-state index contributed by atoms with van der Waals surface area (Å²) < 4.78 is 13.4. The zero-order chi connectivity index (χ0) is 20.5. The molecule has 0 radical (unpaired) electrons. The number of anilines is 2. The fraction of sp³-hybridized carbons (Fsp3) is 0.0833. The third-order valence-electron chi connectivity index (χ3n) is 4.80. The molecule has 0 bridgehead atoms. The predicted octanol–water partition coefficient (Wildman–Crippen LogP) is 4.84. The average molecular weight is 386 g/mol. The van der Waals surface area contributed by atoms with Gasteiger partial charge in [-0.05, 0) is 61.4 Å². The molecule has 0 saturated heterocycles. The van der Waals surface area contributed by atoms with E-state index >= 15 is 0 Å². The number of aryl methyl sites for hydroxylation is 2. The van der Waals surface area contributed by atoms with Crippen molar-refractivity contribution in [1.29, 1.82) is 0 Å². The topological polar surface area (TPSA) is 49.4 Å². The highest BCUT2D eigenvalue weighted by Gasteiger charge is 2.40. The molecule has 0 atom stereocenters. The van der Waals surface area contributed by atoms with Crippen LogP contribution in [0.1, 0.15) is 16.7 Å². The lowest BCUT2D eigenvalue weighted by atomic mass is 10.0. The van der Waals surface area contributed by atoms with Crippen LogP contribution in [0.4, 0.5) is 15.8 Å². The Labute approximate surface area is 168 Å². The summed E-state index contributed by atoms with van der Waals surface area (Å²) in [6.07, 6.45) is 0. The number of rotatable bonds is 4. The summed E-state index contributed by atoms with van der Waals surface area (Å²) in [6.45, 7) is 3.88. The number of hydrogen-bond acceptors (Lipinski definition) is 3. The number of nitrogens with zero attached hydrogens (tertiary/aromatic N) is 1. The van der Waals surface area contributed by atoms with Crippen molar-refractivity contribution in [3.63, 3.8) is 0 Å². The third-order valence-corrected chi connectivity index (χ3v) is 4.80. The first-order valence-corrected chi connectivity index (χ1v) is 9.23. The largest absolute Gasteiger partial charge is 0.350 e. The molecule has 3 aromatic rings. The summed E-state index contributed by atoms with van der Waals surface area (Å²) >= 11 is 0. The number of carbonyl (C=O) groups excluding carboxylic acids is 2. The van der Waals surface area contributed by atoms with Crippen molar-refractivity contribution in [2.45, 2.75) is 13.8 Å².